The molecule has 0 aliphatic rings. The van der Waals surface area contributed by atoms with Crippen LogP contribution in [0.15, 0.2) is 78.9 Å². The summed E-state index contributed by atoms with van der Waals surface area (Å²) in [6.45, 7) is 0. The van der Waals surface area contributed by atoms with Crippen molar-refractivity contribution in [3.63, 3.8) is 0 Å². The van der Waals surface area contributed by atoms with Crippen molar-refractivity contribution in [1.29, 1.82) is 0 Å². The molecule has 0 spiro atoms. The molecule has 4 nitrogen and oxygen atoms in total. The van der Waals surface area contributed by atoms with E-state index >= 15 is 0 Å². The Balaban J connectivity index is 2.27. The second-order valence-electron chi connectivity index (χ2n) is 5.72. The van der Waals surface area contributed by atoms with Gasteiger partial charge in [0, 0.05) is 5.30 Å². The zero-order valence-electron chi connectivity index (χ0n) is 15.1. The first-order valence-corrected chi connectivity index (χ1v) is 9.70. The first-order valence-electron chi connectivity index (χ1n) is 8.36. The van der Waals surface area contributed by atoms with Crippen LogP contribution in [-0.2, 0) is 9.47 Å². The first kappa shape index (κ1) is 18.8. The number of methoxy groups -OCH3 is 2. The Labute approximate surface area is 159 Å². The summed E-state index contributed by atoms with van der Waals surface area (Å²) in [5, 5.41) is 2.91. The van der Waals surface area contributed by atoms with Gasteiger partial charge in [-0.25, -0.2) is 9.59 Å². The molecule has 0 saturated carbocycles. The number of esters is 2. The third kappa shape index (κ3) is 4.07. The molecule has 0 heterocycles. The Bertz CT molecular complexity index is 900. The maximum atomic E-state index is 12.4. The molecule has 0 aliphatic heterocycles. The lowest BCUT2D eigenvalue weighted by Gasteiger charge is -2.22. The summed E-state index contributed by atoms with van der Waals surface area (Å²) in [5.74, 6) is -0.871. The maximum absolute atomic E-state index is 12.4. The topological polar surface area (TPSA) is 52.6 Å². The van der Waals surface area contributed by atoms with Gasteiger partial charge in [0.15, 0.2) is 0 Å². The van der Waals surface area contributed by atoms with Gasteiger partial charge >= 0.3 is 11.9 Å². The average molecular weight is 378 g/mol. The number of hydrogen-bond acceptors (Lipinski definition) is 4. The van der Waals surface area contributed by atoms with E-state index in [4.69, 9.17) is 9.47 Å². The van der Waals surface area contributed by atoms with Crippen LogP contribution in [0.2, 0.25) is 0 Å². The van der Waals surface area contributed by atoms with Crippen LogP contribution < -0.4 is 15.9 Å². The van der Waals surface area contributed by atoms with Gasteiger partial charge in [-0.15, -0.1) is 0 Å². The van der Waals surface area contributed by atoms with E-state index in [0.29, 0.717) is 11.1 Å². The molecular weight excluding hydrogens is 359 g/mol. The van der Waals surface area contributed by atoms with Gasteiger partial charge in [0.25, 0.3) is 0 Å². The molecule has 3 aromatic carbocycles. The molecule has 0 unspecified atom stereocenters. The highest BCUT2D eigenvalue weighted by molar-refractivity contribution is 7.80. The molecule has 0 bridgehead atoms. The Kier molecular flexibility index (Phi) is 6.00. The van der Waals surface area contributed by atoms with E-state index in [9.17, 15) is 9.59 Å². The third-order valence-electron chi connectivity index (χ3n) is 4.09. The fraction of sp³-hybridized carbons (Fsp3) is 0.0909. The Hall–Kier alpha value is -2.97. The average Bonchev–Trinajstić information content (AvgIpc) is 2.74. The predicted molar refractivity (Wildman–Crippen MR) is 108 cm³/mol. The van der Waals surface area contributed by atoms with Crippen LogP contribution in [0.3, 0.4) is 0 Å². The summed E-state index contributed by atoms with van der Waals surface area (Å²) in [6, 6.07) is 24.9. The number of ether oxygens (including phenoxy) is 2. The standard InChI is InChI=1S/C22H19O4P/c1-25-21(23)16-13-14-19(22(24)26-2)20(15-16)27(17-9-5-3-6-10-17)18-11-7-4-8-12-18/h3-15H,1-2H3. The summed E-state index contributed by atoms with van der Waals surface area (Å²) in [4.78, 5) is 24.5. The van der Waals surface area contributed by atoms with Gasteiger partial charge in [0.2, 0.25) is 0 Å². The van der Waals surface area contributed by atoms with Gasteiger partial charge in [-0.2, -0.15) is 0 Å². The van der Waals surface area contributed by atoms with Crippen molar-refractivity contribution >= 4 is 35.8 Å². The van der Waals surface area contributed by atoms with Gasteiger partial charge in [-0.3, -0.25) is 0 Å². The molecular formula is C22H19O4P. The highest BCUT2D eigenvalue weighted by Gasteiger charge is 2.24. The number of hydrogen-bond donors (Lipinski definition) is 0. The molecule has 3 rings (SSSR count). The fourth-order valence-corrected chi connectivity index (χ4v) is 5.30. The third-order valence-corrected chi connectivity index (χ3v) is 6.57. The zero-order chi connectivity index (χ0) is 19.2. The summed E-state index contributed by atoms with van der Waals surface area (Å²) < 4.78 is 9.84. The molecule has 0 fully saturated rings. The molecule has 0 aliphatic carbocycles. The van der Waals surface area contributed by atoms with E-state index in [1.165, 1.54) is 14.2 Å². The monoisotopic (exact) mass is 378 g/mol. The Morgan fingerprint density at radius 1 is 0.704 bits per heavy atom. The lowest BCUT2D eigenvalue weighted by atomic mass is 10.1. The van der Waals surface area contributed by atoms with Crippen molar-refractivity contribution in [2.75, 3.05) is 14.2 Å². The van der Waals surface area contributed by atoms with Crippen molar-refractivity contribution in [2.45, 2.75) is 0 Å². The van der Waals surface area contributed by atoms with E-state index in [-0.39, 0.29) is 0 Å². The van der Waals surface area contributed by atoms with Crippen molar-refractivity contribution in [3.05, 3.63) is 90.0 Å². The minimum atomic E-state index is -1.06. The molecule has 0 atom stereocenters. The molecule has 0 N–H and O–H groups in total. The molecule has 136 valence electrons. The summed E-state index contributed by atoms with van der Waals surface area (Å²) in [7, 11) is 1.64. The lowest BCUT2D eigenvalue weighted by molar-refractivity contribution is 0.0588. The molecule has 5 heteroatoms. The number of carbonyl (C=O) groups is 2. The number of benzene rings is 3. The quantitative estimate of drug-likeness (QED) is 0.506. The number of rotatable bonds is 5. The van der Waals surface area contributed by atoms with Crippen LogP contribution in [0.25, 0.3) is 0 Å². The molecule has 0 saturated heterocycles. The van der Waals surface area contributed by atoms with Gasteiger partial charge in [-0.1, -0.05) is 60.7 Å². The Morgan fingerprint density at radius 3 is 1.70 bits per heavy atom. The van der Waals surface area contributed by atoms with E-state index < -0.39 is 19.9 Å². The van der Waals surface area contributed by atoms with Crippen molar-refractivity contribution in [1.82, 2.24) is 0 Å². The summed E-state index contributed by atoms with van der Waals surface area (Å²) >= 11 is 0. The van der Waals surface area contributed by atoms with Gasteiger partial charge in [0.05, 0.1) is 25.3 Å². The van der Waals surface area contributed by atoms with Crippen LogP contribution in [0.4, 0.5) is 0 Å². The summed E-state index contributed by atoms with van der Waals surface area (Å²) in [5.41, 5.74) is 0.850. The minimum absolute atomic E-state index is 0.402. The first-order chi connectivity index (χ1) is 13.2. The molecule has 0 radical (unpaired) electrons. The van der Waals surface area contributed by atoms with E-state index in [2.05, 4.69) is 0 Å². The molecule has 3 aromatic rings. The van der Waals surface area contributed by atoms with E-state index in [1.54, 1.807) is 18.2 Å². The van der Waals surface area contributed by atoms with Gasteiger partial charge in [-0.05, 0) is 36.7 Å². The van der Waals surface area contributed by atoms with Crippen LogP contribution in [0.5, 0.6) is 0 Å². The highest BCUT2D eigenvalue weighted by Crippen LogP contribution is 2.34. The SMILES string of the molecule is COC(=O)c1ccc(C(=O)OC)c(P(c2ccccc2)c2ccccc2)c1. The highest BCUT2D eigenvalue weighted by atomic mass is 31.1. The predicted octanol–water partition coefficient (Wildman–Crippen LogP) is 3.02. The second kappa shape index (κ2) is 8.61. The lowest BCUT2D eigenvalue weighted by Crippen LogP contribution is -2.26. The normalized spacial score (nSPS) is 10.5. The smallest absolute Gasteiger partial charge is 0.338 e. The summed E-state index contributed by atoms with van der Waals surface area (Å²) in [6.07, 6.45) is 0. The minimum Gasteiger partial charge on any atom is -0.465 e. The molecule has 0 amide bonds. The molecule has 27 heavy (non-hydrogen) atoms. The zero-order valence-corrected chi connectivity index (χ0v) is 16.0. The molecule has 0 aromatic heterocycles. The largest absolute Gasteiger partial charge is 0.465 e. The number of carbonyl (C=O) groups excluding carboxylic acids is 2. The van der Waals surface area contributed by atoms with Crippen molar-refractivity contribution in [3.8, 4) is 0 Å². The van der Waals surface area contributed by atoms with E-state index in [0.717, 1.165) is 15.9 Å². The van der Waals surface area contributed by atoms with E-state index in [1.807, 2.05) is 60.7 Å². The van der Waals surface area contributed by atoms with Crippen LogP contribution in [0.1, 0.15) is 20.7 Å². The van der Waals surface area contributed by atoms with Crippen molar-refractivity contribution < 1.29 is 19.1 Å². The van der Waals surface area contributed by atoms with Gasteiger partial charge < -0.3 is 9.47 Å². The van der Waals surface area contributed by atoms with Crippen molar-refractivity contribution in [2.24, 2.45) is 0 Å². The van der Waals surface area contributed by atoms with Crippen LogP contribution in [0, 0.1) is 0 Å². The van der Waals surface area contributed by atoms with Crippen LogP contribution >= 0.6 is 7.92 Å². The second-order valence-corrected chi connectivity index (χ2v) is 7.91. The maximum Gasteiger partial charge on any atom is 0.338 e. The van der Waals surface area contributed by atoms with Gasteiger partial charge in [0.1, 0.15) is 0 Å². The fourth-order valence-electron chi connectivity index (χ4n) is 2.83. The Morgan fingerprint density at radius 2 is 1.22 bits per heavy atom. The van der Waals surface area contributed by atoms with Crippen LogP contribution in [-0.4, -0.2) is 26.2 Å².